The van der Waals surface area contributed by atoms with Crippen LogP contribution in [0.1, 0.15) is 41.4 Å². The molecule has 0 bridgehead atoms. The monoisotopic (exact) mass is 540 g/mol. The molecule has 1 N–H and O–H groups in total. The van der Waals surface area contributed by atoms with Gasteiger partial charge in [0.25, 0.3) is 0 Å². The van der Waals surface area contributed by atoms with Crippen LogP contribution in [-0.4, -0.2) is 30.4 Å². The smallest absolute Gasteiger partial charge is 0.303 e. The van der Waals surface area contributed by atoms with Gasteiger partial charge in [-0.2, -0.15) is 0 Å². The third-order valence-corrected chi connectivity index (χ3v) is 6.54. The molecule has 7 nitrogen and oxygen atoms in total. The number of hydrogen-bond donors (Lipinski definition) is 1. The van der Waals surface area contributed by atoms with Gasteiger partial charge in [-0.25, -0.2) is 0 Å². The fourth-order valence-electron chi connectivity index (χ4n) is 4.65. The molecular weight excluding hydrogens is 508 g/mol. The molecule has 0 fully saturated rings. The molecule has 1 aliphatic heterocycles. The van der Waals surface area contributed by atoms with E-state index in [0.717, 1.165) is 16.7 Å². The van der Waals surface area contributed by atoms with Crippen LogP contribution in [0, 0.1) is 0 Å². The van der Waals surface area contributed by atoms with Crippen LogP contribution in [0.3, 0.4) is 0 Å². The average Bonchev–Trinajstić information content (AvgIpc) is 2.99. The van der Waals surface area contributed by atoms with E-state index in [1.165, 1.54) is 6.92 Å². The van der Waals surface area contributed by atoms with Gasteiger partial charge < -0.3 is 28.8 Å². The van der Waals surface area contributed by atoms with E-state index in [4.69, 9.17) is 23.7 Å². The Morgan fingerprint density at radius 3 is 2.00 bits per heavy atom. The van der Waals surface area contributed by atoms with E-state index in [1.807, 2.05) is 103 Å². The molecule has 0 spiro atoms. The number of hydrogen-bond acceptors (Lipinski definition) is 7. The van der Waals surface area contributed by atoms with Gasteiger partial charge in [-0.3, -0.25) is 4.79 Å². The average molecular weight is 541 g/mol. The van der Waals surface area contributed by atoms with Crippen LogP contribution in [0.5, 0.6) is 17.2 Å². The molecule has 3 atom stereocenters. The maximum absolute atomic E-state index is 12.1. The Labute approximate surface area is 233 Å². The van der Waals surface area contributed by atoms with E-state index in [0.29, 0.717) is 36.0 Å². The minimum absolute atomic E-state index is 0.0765. The second-order valence-corrected chi connectivity index (χ2v) is 9.44. The molecule has 0 radical (unpaired) electrons. The molecule has 206 valence electrons. The number of ether oxygens (including phenoxy) is 5. The second-order valence-electron chi connectivity index (χ2n) is 9.44. The highest BCUT2D eigenvalue weighted by molar-refractivity contribution is 5.66. The van der Waals surface area contributed by atoms with Crippen LogP contribution in [0.2, 0.25) is 0 Å². The van der Waals surface area contributed by atoms with E-state index in [9.17, 15) is 9.90 Å². The van der Waals surface area contributed by atoms with Crippen molar-refractivity contribution in [2.24, 2.45) is 0 Å². The first-order valence-electron chi connectivity index (χ1n) is 13.2. The summed E-state index contributed by atoms with van der Waals surface area (Å²) < 4.78 is 30.2. The Morgan fingerprint density at radius 2 is 1.40 bits per heavy atom. The molecule has 4 aromatic carbocycles. The van der Waals surface area contributed by atoms with Crippen molar-refractivity contribution in [1.82, 2.24) is 0 Å². The predicted molar refractivity (Wildman–Crippen MR) is 149 cm³/mol. The molecule has 4 aromatic rings. The number of carbonyl (C=O) groups is 1. The lowest BCUT2D eigenvalue weighted by Gasteiger charge is -2.39. The Kier molecular flexibility index (Phi) is 8.96. The van der Waals surface area contributed by atoms with E-state index in [1.54, 1.807) is 0 Å². The highest BCUT2D eigenvalue weighted by Crippen LogP contribution is 2.46. The Morgan fingerprint density at radius 1 is 0.800 bits per heavy atom. The van der Waals surface area contributed by atoms with Crippen molar-refractivity contribution < 1.29 is 33.6 Å². The van der Waals surface area contributed by atoms with Gasteiger partial charge in [-0.15, -0.1) is 0 Å². The normalized spacial score (nSPS) is 17.8. The zero-order valence-electron chi connectivity index (χ0n) is 22.3. The van der Waals surface area contributed by atoms with Crippen molar-refractivity contribution in [3.8, 4) is 17.2 Å². The Hall–Kier alpha value is -4.33. The molecule has 0 amide bonds. The lowest BCUT2D eigenvalue weighted by molar-refractivity contribution is -0.170. The molecule has 0 aromatic heterocycles. The van der Waals surface area contributed by atoms with Crippen LogP contribution in [0.4, 0.5) is 0 Å². The molecule has 0 saturated carbocycles. The maximum atomic E-state index is 12.1. The number of aliphatic hydroxyl groups excluding tert-OH is 1. The van der Waals surface area contributed by atoms with Gasteiger partial charge in [0.2, 0.25) is 0 Å². The molecule has 5 rings (SSSR count). The first kappa shape index (κ1) is 27.2. The fraction of sp³-hybridized carbons (Fsp3) is 0.242. The molecular formula is C33H32O7. The van der Waals surface area contributed by atoms with E-state index in [2.05, 4.69) is 0 Å². The summed E-state index contributed by atoms with van der Waals surface area (Å²) in [6, 6.07) is 32.9. The fourth-order valence-corrected chi connectivity index (χ4v) is 4.65. The van der Waals surface area contributed by atoms with Crippen molar-refractivity contribution in [2.75, 3.05) is 13.2 Å². The molecule has 1 unspecified atom stereocenters. The van der Waals surface area contributed by atoms with Gasteiger partial charge in [0, 0.05) is 18.6 Å². The summed E-state index contributed by atoms with van der Waals surface area (Å²) in [7, 11) is 0. The summed E-state index contributed by atoms with van der Waals surface area (Å²) in [5.41, 5.74) is 3.62. The summed E-state index contributed by atoms with van der Waals surface area (Å²) in [6.07, 6.45) is -2.08. The van der Waals surface area contributed by atoms with Crippen molar-refractivity contribution in [2.45, 2.75) is 38.4 Å². The minimum Gasteiger partial charge on any atom is -0.489 e. The van der Waals surface area contributed by atoms with Crippen LogP contribution in [0.15, 0.2) is 103 Å². The SMILES string of the molecule is CC(=O)O[C@@H]1C(OCCO)c2ccc(OCc3ccccc3)cc2O[C@@H]1c1ccc(OCc2ccccc2)cc1. The lowest BCUT2D eigenvalue weighted by Crippen LogP contribution is -2.39. The third kappa shape index (κ3) is 6.81. The Bertz CT molecular complexity index is 1370. The summed E-state index contributed by atoms with van der Waals surface area (Å²) in [5.74, 6) is 1.45. The van der Waals surface area contributed by atoms with Crippen LogP contribution < -0.4 is 14.2 Å². The predicted octanol–water partition coefficient (Wildman–Crippen LogP) is 5.96. The lowest BCUT2D eigenvalue weighted by atomic mass is 9.91. The molecule has 0 aliphatic carbocycles. The molecule has 0 saturated heterocycles. The summed E-state index contributed by atoms with van der Waals surface area (Å²) >= 11 is 0. The highest BCUT2D eigenvalue weighted by Gasteiger charge is 2.42. The molecule has 40 heavy (non-hydrogen) atoms. The number of esters is 1. The van der Waals surface area contributed by atoms with Gasteiger partial charge >= 0.3 is 5.97 Å². The number of fused-ring (bicyclic) bond motifs is 1. The van der Waals surface area contributed by atoms with E-state index >= 15 is 0 Å². The number of benzene rings is 4. The third-order valence-electron chi connectivity index (χ3n) is 6.54. The summed E-state index contributed by atoms with van der Waals surface area (Å²) in [6.45, 7) is 2.13. The van der Waals surface area contributed by atoms with E-state index in [-0.39, 0.29) is 13.2 Å². The summed E-state index contributed by atoms with van der Waals surface area (Å²) in [5, 5.41) is 9.48. The number of rotatable bonds is 11. The van der Waals surface area contributed by atoms with Gasteiger partial charge in [0.05, 0.1) is 13.2 Å². The molecule has 1 heterocycles. The first-order chi connectivity index (χ1) is 19.6. The molecule has 1 aliphatic rings. The topological polar surface area (TPSA) is 83.5 Å². The van der Waals surface area contributed by atoms with Gasteiger partial charge in [-0.1, -0.05) is 72.8 Å². The summed E-state index contributed by atoms with van der Waals surface area (Å²) in [4.78, 5) is 12.1. The zero-order chi connectivity index (χ0) is 27.7. The van der Waals surface area contributed by atoms with Crippen molar-refractivity contribution >= 4 is 5.97 Å². The van der Waals surface area contributed by atoms with Gasteiger partial charge in [-0.05, 0) is 41.0 Å². The zero-order valence-corrected chi connectivity index (χ0v) is 22.3. The Balaban J connectivity index is 1.40. The number of carbonyl (C=O) groups excluding carboxylic acids is 1. The van der Waals surface area contributed by atoms with Crippen molar-refractivity contribution in [3.63, 3.8) is 0 Å². The minimum atomic E-state index is -0.774. The standard InChI is InChI=1S/C33H32O7/c1-23(35)39-33-31(26-12-14-27(15-13-26)37-21-24-8-4-2-5-9-24)40-30-20-28(38-22-25-10-6-3-7-11-25)16-17-29(30)32(33)36-19-18-34/h2-17,20,31-34H,18-19,21-22H2,1H3/t31-,32?,33+/m1/s1. The van der Waals surface area contributed by atoms with Crippen LogP contribution >= 0.6 is 0 Å². The van der Waals surface area contributed by atoms with Crippen molar-refractivity contribution in [1.29, 1.82) is 0 Å². The first-order valence-corrected chi connectivity index (χ1v) is 13.2. The van der Waals surface area contributed by atoms with Gasteiger partial charge in [0.1, 0.15) is 36.6 Å². The van der Waals surface area contributed by atoms with Crippen molar-refractivity contribution in [3.05, 3.63) is 125 Å². The second kappa shape index (κ2) is 13.2. The molecule has 7 heteroatoms. The van der Waals surface area contributed by atoms with Crippen LogP contribution in [-0.2, 0) is 27.5 Å². The highest BCUT2D eigenvalue weighted by atomic mass is 16.6. The largest absolute Gasteiger partial charge is 0.489 e. The van der Waals surface area contributed by atoms with Gasteiger partial charge in [0.15, 0.2) is 12.2 Å². The van der Waals surface area contributed by atoms with Crippen LogP contribution in [0.25, 0.3) is 0 Å². The van der Waals surface area contributed by atoms with E-state index < -0.39 is 24.3 Å². The number of aliphatic hydroxyl groups is 1. The quantitative estimate of drug-likeness (QED) is 0.235. The maximum Gasteiger partial charge on any atom is 0.303 e.